The fourth-order valence-electron chi connectivity index (χ4n) is 2.01. The number of aliphatic hydroxyl groups excluding tert-OH is 1. The van der Waals surface area contributed by atoms with Gasteiger partial charge in [0.2, 0.25) is 0 Å². The molecule has 1 heterocycles. The Labute approximate surface area is 119 Å². The molecule has 0 saturated carbocycles. The smallest absolute Gasteiger partial charge is 0.254 e. The molecular weight excluding hydrogens is 317 g/mol. The molecule has 1 N–H and O–H groups in total. The van der Waals surface area contributed by atoms with E-state index in [4.69, 9.17) is 9.84 Å². The van der Waals surface area contributed by atoms with E-state index in [1.165, 1.54) is 18.2 Å². The van der Waals surface area contributed by atoms with Crippen LogP contribution in [0.15, 0.2) is 22.7 Å². The highest BCUT2D eigenvalue weighted by Crippen LogP contribution is 2.20. The topological polar surface area (TPSA) is 49.8 Å². The van der Waals surface area contributed by atoms with Gasteiger partial charge in [0.1, 0.15) is 5.82 Å². The first kappa shape index (κ1) is 14.4. The maximum Gasteiger partial charge on any atom is 0.254 e. The summed E-state index contributed by atoms with van der Waals surface area (Å²) < 4.78 is 18.8. The third kappa shape index (κ3) is 3.13. The van der Waals surface area contributed by atoms with Gasteiger partial charge in [0.05, 0.1) is 29.8 Å². The van der Waals surface area contributed by atoms with Crippen molar-refractivity contribution in [2.75, 3.05) is 19.8 Å². The molecule has 2 atom stereocenters. The summed E-state index contributed by atoms with van der Waals surface area (Å²) in [6.45, 7) is 2.48. The van der Waals surface area contributed by atoms with Crippen LogP contribution in [0.4, 0.5) is 4.39 Å². The van der Waals surface area contributed by atoms with Crippen LogP contribution in [0.3, 0.4) is 0 Å². The van der Waals surface area contributed by atoms with E-state index in [2.05, 4.69) is 15.9 Å². The van der Waals surface area contributed by atoms with E-state index in [0.29, 0.717) is 18.7 Å². The first-order valence-corrected chi connectivity index (χ1v) is 6.80. The molecule has 0 aromatic heterocycles. The third-order valence-corrected chi connectivity index (χ3v) is 3.74. The summed E-state index contributed by atoms with van der Waals surface area (Å²) in [7, 11) is 0. The molecule has 0 aliphatic carbocycles. The second kappa shape index (κ2) is 5.98. The molecule has 0 spiro atoms. The van der Waals surface area contributed by atoms with Crippen molar-refractivity contribution in [3.8, 4) is 0 Å². The van der Waals surface area contributed by atoms with Crippen LogP contribution < -0.4 is 0 Å². The van der Waals surface area contributed by atoms with Crippen LogP contribution in [0.25, 0.3) is 0 Å². The summed E-state index contributed by atoms with van der Waals surface area (Å²) in [6.07, 6.45) is -0.357. The van der Waals surface area contributed by atoms with Crippen molar-refractivity contribution in [3.05, 3.63) is 34.1 Å². The van der Waals surface area contributed by atoms with Gasteiger partial charge < -0.3 is 14.7 Å². The van der Waals surface area contributed by atoms with Gasteiger partial charge in [0.15, 0.2) is 0 Å². The van der Waals surface area contributed by atoms with Gasteiger partial charge >= 0.3 is 0 Å². The number of carbonyl (C=O) groups excluding carboxylic acids is 1. The Morgan fingerprint density at radius 3 is 3.00 bits per heavy atom. The van der Waals surface area contributed by atoms with Gasteiger partial charge in [-0.3, -0.25) is 4.79 Å². The van der Waals surface area contributed by atoms with Gasteiger partial charge in [0.25, 0.3) is 5.91 Å². The van der Waals surface area contributed by atoms with Gasteiger partial charge in [0, 0.05) is 12.1 Å². The molecule has 0 radical (unpaired) electrons. The molecule has 2 unspecified atom stereocenters. The molecule has 1 amide bonds. The summed E-state index contributed by atoms with van der Waals surface area (Å²) in [5.74, 6) is -0.588. The Bertz CT molecular complexity index is 483. The largest absolute Gasteiger partial charge is 0.394 e. The van der Waals surface area contributed by atoms with Crippen LogP contribution >= 0.6 is 15.9 Å². The predicted octanol–water partition coefficient (Wildman–Crippen LogP) is 1.81. The van der Waals surface area contributed by atoms with Gasteiger partial charge in [-0.1, -0.05) is 0 Å². The molecule has 104 valence electrons. The minimum Gasteiger partial charge on any atom is -0.394 e. The van der Waals surface area contributed by atoms with Crippen molar-refractivity contribution >= 4 is 21.8 Å². The maximum absolute atomic E-state index is 13.2. The van der Waals surface area contributed by atoms with E-state index in [1.807, 2.05) is 6.92 Å². The lowest BCUT2D eigenvalue weighted by atomic mass is 10.1. The molecule has 1 aliphatic rings. The van der Waals surface area contributed by atoms with Crippen molar-refractivity contribution < 1.29 is 19.0 Å². The lowest BCUT2D eigenvalue weighted by Gasteiger charge is -2.37. The van der Waals surface area contributed by atoms with E-state index < -0.39 is 5.82 Å². The molecule has 1 saturated heterocycles. The summed E-state index contributed by atoms with van der Waals surface area (Å²) in [4.78, 5) is 14.0. The summed E-state index contributed by atoms with van der Waals surface area (Å²) in [5, 5.41) is 9.11. The number of benzene rings is 1. The minimum atomic E-state index is -0.403. The Morgan fingerprint density at radius 1 is 1.63 bits per heavy atom. The third-order valence-electron chi connectivity index (χ3n) is 3.14. The first-order valence-electron chi connectivity index (χ1n) is 6.01. The molecule has 1 aromatic rings. The second-order valence-corrected chi connectivity index (χ2v) is 5.43. The Hall–Kier alpha value is -0.980. The van der Waals surface area contributed by atoms with Crippen LogP contribution in [0.1, 0.15) is 17.3 Å². The van der Waals surface area contributed by atoms with Crippen LogP contribution in [0.2, 0.25) is 0 Å². The van der Waals surface area contributed by atoms with E-state index in [-0.39, 0.29) is 29.1 Å². The summed E-state index contributed by atoms with van der Waals surface area (Å²) in [6, 6.07) is 4.11. The molecule has 0 bridgehead atoms. The Balaban J connectivity index is 2.19. The van der Waals surface area contributed by atoms with Crippen molar-refractivity contribution in [3.63, 3.8) is 0 Å². The van der Waals surface area contributed by atoms with Crippen molar-refractivity contribution in [1.29, 1.82) is 0 Å². The van der Waals surface area contributed by atoms with Crippen molar-refractivity contribution in [2.24, 2.45) is 0 Å². The predicted molar refractivity (Wildman–Crippen MR) is 71.4 cm³/mol. The zero-order chi connectivity index (χ0) is 14.0. The highest BCUT2D eigenvalue weighted by molar-refractivity contribution is 9.10. The summed E-state index contributed by atoms with van der Waals surface area (Å²) in [5.41, 5.74) is 0.415. The Kier molecular flexibility index (Phi) is 4.54. The number of ether oxygens (including phenoxy) is 1. The number of nitrogens with zero attached hydrogens (tertiary/aromatic N) is 1. The fourth-order valence-corrected chi connectivity index (χ4v) is 2.38. The average molecular weight is 332 g/mol. The molecule has 1 fully saturated rings. The quantitative estimate of drug-likeness (QED) is 0.899. The molecule has 1 aliphatic heterocycles. The number of rotatable bonds is 2. The van der Waals surface area contributed by atoms with E-state index >= 15 is 0 Å². The standard InChI is InChI=1S/C13H15BrFNO3/c1-8-7-19-10(6-17)5-16(8)13(18)9-2-3-12(15)11(14)4-9/h2-4,8,10,17H,5-7H2,1H3. The van der Waals surface area contributed by atoms with Crippen molar-refractivity contribution in [2.45, 2.75) is 19.1 Å². The number of morpholine rings is 1. The fraction of sp³-hybridized carbons (Fsp3) is 0.462. The number of hydrogen-bond acceptors (Lipinski definition) is 3. The number of amides is 1. The molecular formula is C13H15BrFNO3. The highest BCUT2D eigenvalue weighted by Gasteiger charge is 2.30. The molecule has 19 heavy (non-hydrogen) atoms. The van der Waals surface area contributed by atoms with Crippen LogP contribution in [-0.4, -0.2) is 47.8 Å². The normalized spacial score (nSPS) is 23.5. The lowest BCUT2D eigenvalue weighted by molar-refractivity contribution is -0.0667. The van der Waals surface area contributed by atoms with Gasteiger partial charge in [-0.15, -0.1) is 0 Å². The number of hydrogen-bond donors (Lipinski definition) is 1. The zero-order valence-corrected chi connectivity index (χ0v) is 12.1. The molecule has 6 heteroatoms. The second-order valence-electron chi connectivity index (χ2n) is 4.57. The van der Waals surface area contributed by atoms with E-state index in [9.17, 15) is 9.18 Å². The van der Waals surface area contributed by atoms with Crippen LogP contribution in [0, 0.1) is 5.82 Å². The van der Waals surface area contributed by atoms with Gasteiger partial charge in [-0.25, -0.2) is 4.39 Å². The molecule has 2 rings (SSSR count). The van der Waals surface area contributed by atoms with E-state index in [0.717, 1.165) is 0 Å². The first-order chi connectivity index (χ1) is 9.02. The maximum atomic E-state index is 13.2. The number of halogens is 2. The zero-order valence-electron chi connectivity index (χ0n) is 10.5. The van der Waals surface area contributed by atoms with Gasteiger partial charge in [-0.05, 0) is 41.1 Å². The number of aliphatic hydroxyl groups is 1. The van der Waals surface area contributed by atoms with Crippen molar-refractivity contribution in [1.82, 2.24) is 4.90 Å². The molecule has 4 nitrogen and oxygen atoms in total. The highest BCUT2D eigenvalue weighted by atomic mass is 79.9. The average Bonchev–Trinajstić information content (AvgIpc) is 2.41. The monoisotopic (exact) mass is 331 g/mol. The van der Waals surface area contributed by atoms with Gasteiger partial charge in [-0.2, -0.15) is 0 Å². The van der Waals surface area contributed by atoms with Crippen LogP contribution in [0.5, 0.6) is 0 Å². The van der Waals surface area contributed by atoms with E-state index in [1.54, 1.807) is 4.90 Å². The Morgan fingerprint density at radius 2 is 2.37 bits per heavy atom. The SMILES string of the molecule is CC1COC(CO)CN1C(=O)c1ccc(F)c(Br)c1. The minimum absolute atomic E-state index is 0.0703. The molecule has 1 aromatic carbocycles. The number of carbonyl (C=O) groups is 1. The lowest BCUT2D eigenvalue weighted by Crippen LogP contribution is -2.52. The summed E-state index contributed by atoms with van der Waals surface area (Å²) >= 11 is 3.07. The van der Waals surface area contributed by atoms with Crippen LogP contribution in [-0.2, 0) is 4.74 Å².